The molecule has 0 spiro atoms. The lowest BCUT2D eigenvalue weighted by Gasteiger charge is -2.27. The smallest absolute Gasteiger partial charge is 0.249 e. The summed E-state index contributed by atoms with van der Waals surface area (Å²) in [5, 5.41) is 8.55. The maximum atomic E-state index is 13.1. The van der Waals surface area contributed by atoms with E-state index in [-0.39, 0.29) is 30.8 Å². The molecule has 0 aliphatic rings. The lowest BCUT2D eigenvalue weighted by atomic mass is 10.2. The monoisotopic (exact) mass is 476 g/mol. The second-order valence-corrected chi connectivity index (χ2v) is 9.67. The van der Waals surface area contributed by atoms with Crippen molar-refractivity contribution in [2.24, 2.45) is 0 Å². The highest BCUT2D eigenvalue weighted by molar-refractivity contribution is 7.92. The molecule has 3 aromatic rings. The quantitative estimate of drug-likeness (QED) is 0.464. The van der Waals surface area contributed by atoms with E-state index in [1.54, 1.807) is 43.3 Å². The van der Waals surface area contributed by atoms with Crippen LogP contribution in [0.4, 0.5) is 5.69 Å². The molecule has 0 bridgehead atoms. The van der Waals surface area contributed by atoms with E-state index in [4.69, 9.17) is 16.0 Å². The zero-order valence-corrected chi connectivity index (χ0v) is 19.7. The van der Waals surface area contributed by atoms with Crippen LogP contribution in [0.3, 0.4) is 0 Å². The summed E-state index contributed by atoms with van der Waals surface area (Å²) in [4.78, 5) is 14.6. The number of halogens is 1. The molecule has 3 rings (SSSR count). The maximum absolute atomic E-state index is 13.1. The van der Waals surface area contributed by atoms with Gasteiger partial charge in [0.05, 0.1) is 29.1 Å². The molecule has 0 atom stereocenters. The van der Waals surface area contributed by atoms with Crippen LogP contribution in [0.5, 0.6) is 0 Å². The number of anilines is 1. The molecule has 2 aromatic carbocycles. The van der Waals surface area contributed by atoms with Crippen molar-refractivity contribution in [2.75, 3.05) is 23.7 Å². The highest BCUT2D eigenvalue weighted by Gasteiger charge is 2.26. The number of aromatic nitrogens is 2. The molecule has 1 aromatic heterocycles. The standard InChI is InChI=1S/C22H25ClN4O4S/c1-4-13-26(14-20-24-25-22(31-20)17-10-6-7-11-18(17)23)21(28)15-27(32(3,29)30)19-12-8-5-9-16(19)2/h5-12H,4,13-15H2,1-3H3. The van der Waals surface area contributed by atoms with E-state index in [1.165, 1.54) is 4.90 Å². The van der Waals surface area contributed by atoms with Gasteiger partial charge in [0, 0.05) is 6.54 Å². The molecule has 1 amide bonds. The molecule has 0 radical (unpaired) electrons. The number of hydrogen-bond donors (Lipinski definition) is 0. The van der Waals surface area contributed by atoms with E-state index in [0.717, 1.165) is 16.1 Å². The lowest BCUT2D eigenvalue weighted by molar-refractivity contribution is -0.130. The van der Waals surface area contributed by atoms with Gasteiger partial charge in [-0.25, -0.2) is 8.42 Å². The largest absolute Gasteiger partial charge is 0.419 e. The number of sulfonamides is 1. The summed E-state index contributed by atoms with van der Waals surface area (Å²) in [6.45, 7) is 3.88. The Kier molecular flexibility index (Phi) is 7.52. The van der Waals surface area contributed by atoms with Crippen molar-refractivity contribution in [1.82, 2.24) is 15.1 Å². The summed E-state index contributed by atoms with van der Waals surface area (Å²) in [5.41, 5.74) is 1.83. The average molecular weight is 477 g/mol. The van der Waals surface area contributed by atoms with Crippen molar-refractivity contribution in [1.29, 1.82) is 0 Å². The topological polar surface area (TPSA) is 96.6 Å². The van der Waals surface area contributed by atoms with Crippen LogP contribution in [0.15, 0.2) is 52.9 Å². The number of hydrogen-bond acceptors (Lipinski definition) is 6. The highest BCUT2D eigenvalue weighted by Crippen LogP contribution is 2.27. The molecule has 0 saturated heterocycles. The number of carbonyl (C=O) groups excluding carboxylic acids is 1. The Balaban J connectivity index is 1.81. The van der Waals surface area contributed by atoms with Gasteiger partial charge in [0.1, 0.15) is 6.54 Å². The van der Waals surface area contributed by atoms with Gasteiger partial charge >= 0.3 is 0 Å². The van der Waals surface area contributed by atoms with Crippen LogP contribution in [0, 0.1) is 6.92 Å². The number of benzene rings is 2. The van der Waals surface area contributed by atoms with E-state index in [0.29, 0.717) is 29.2 Å². The van der Waals surface area contributed by atoms with Gasteiger partial charge in [0.25, 0.3) is 0 Å². The predicted octanol–water partition coefficient (Wildman–Crippen LogP) is 3.90. The number of carbonyl (C=O) groups is 1. The number of para-hydroxylation sites is 1. The van der Waals surface area contributed by atoms with Crippen molar-refractivity contribution in [2.45, 2.75) is 26.8 Å². The fourth-order valence-corrected chi connectivity index (χ4v) is 4.36. The summed E-state index contributed by atoms with van der Waals surface area (Å²) < 4.78 is 31.7. The van der Waals surface area contributed by atoms with Crippen LogP contribution < -0.4 is 4.31 Å². The van der Waals surface area contributed by atoms with E-state index >= 15 is 0 Å². The Bertz CT molecular complexity index is 1200. The third kappa shape index (κ3) is 5.66. The predicted molar refractivity (Wildman–Crippen MR) is 124 cm³/mol. The van der Waals surface area contributed by atoms with Gasteiger partial charge in [0.2, 0.25) is 27.7 Å². The molecule has 1 heterocycles. The summed E-state index contributed by atoms with van der Waals surface area (Å²) >= 11 is 6.19. The number of rotatable bonds is 9. The van der Waals surface area contributed by atoms with Crippen LogP contribution in [0.1, 0.15) is 24.8 Å². The molecule has 0 aliphatic carbocycles. The Morgan fingerprint density at radius 1 is 1.09 bits per heavy atom. The van der Waals surface area contributed by atoms with Gasteiger partial charge in [-0.05, 0) is 37.1 Å². The molecule has 0 fully saturated rings. The van der Waals surface area contributed by atoms with Crippen molar-refractivity contribution >= 4 is 33.2 Å². The molecule has 32 heavy (non-hydrogen) atoms. The van der Waals surface area contributed by atoms with Crippen LogP contribution in [0.25, 0.3) is 11.5 Å². The first-order valence-electron chi connectivity index (χ1n) is 10.1. The first-order valence-corrected chi connectivity index (χ1v) is 12.3. The van der Waals surface area contributed by atoms with Crippen molar-refractivity contribution < 1.29 is 17.6 Å². The second-order valence-electron chi connectivity index (χ2n) is 7.35. The van der Waals surface area contributed by atoms with Crippen molar-refractivity contribution in [3.63, 3.8) is 0 Å². The molecule has 0 saturated carbocycles. The third-order valence-corrected chi connectivity index (χ3v) is 6.26. The van der Waals surface area contributed by atoms with Gasteiger partial charge in [-0.2, -0.15) is 0 Å². The summed E-state index contributed by atoms with van der Waals surface area (Å²) in [5.74, 6) is 0.133. The number of nitrogens with zero attached hydrogens (tertiary/aromatic N) is 4. The fourth-order valence-electron chi connectivity index (χ4n) is 3.23. The molecule has 0 aliphatic heterocycles. The van der Waals surface area contributed by atoms with Crippen molar-refractivity contribution in [3.05, 3.63) is 65.0 Å². The first kappa shape index (κ1) is 23.7. The number of amides is 1. The molecule has 8 nitrogen and oxygen atoms in total. The Labute approximate surface area is 192 Å². The molecule has 0 N–H and O–H groups in total. The third-order valence-electron chi connectivity index (χ3n) is 4.81. The molecular weight excluding hydrogens is 452 g/mol. The maximum Gasteiger partial charge on any atom is 0.249 e. The van der Waals surface area contributed by atoms with Gasteiger partial charge in [-0.15, -0.1) is 10.2 Å². The van der Waals surface area contributed by atoms with E-state index in [2.05, 4.69) is 10.2 Å². The van der Waals surface area contributed by atoms with Gasteiger partial charge in [0.15, 0.2) is 0 Å². The summed E-state index contributed by atoms with van der Waals surface area (Å²) in [6, 6.07) is 14.1. The van der Waals surface area contributed by atoms with Crippen molar-refractivity contribution in [3.8, 4) is 11.5 Å². The first-order chi connectivity index (χ1) is 15.2. The molecule has 170 valence electrons. The zero-order chi connectivity index (χ0) is 23.3. The highest BCUT2D eigenvalue weighted by atomic mass is 35.5. The molecular formula is C22H25ClN4O4S. The van der Waals surface area contributed by atoms with Gasteiger partial charge in [-0.3, -0.25) is 9.10 Å². The molecule has 10 heteroatoms. The Hall–Kier alpha value is -2.91. The second kappa shape index (κ2) is 10.1. The van der Waals surface area contributed by atoms with E-state index in [1.807, 2.05) is 19.1 Å². The SMILES string of the molecule is CCCN(Cc1nnc(-c2ccccc2Cl)o1)C(=O)CN(c1ccccc1C)S(C)(=O)=O. The number of aryl methyl sites for hydroxylation is 1. The summed E-state index contributed by atoms with van der Waals surface area (Å²) in [6.07, 6.45) is 1.77. The minimum atomic E-state index is -3.67. The van der Waals surface area contributed by atoms with Gasteiger partial charge in [-0.1, -0.05) is 48.9 Å². The van der Waals surface area contributed by atoms with Crippen LogP contribution >= 0.6 is 11.6 Å². The normalized spacial score (nSPS) is 11.4. The van der Waals surface area contributed by atoms with Crippen LogP contribution in [0.2, 0.25) is 5.02 Å². The minimum Gasteiger partial charge on any atom is -0.419 e. The Morgan fingerprint density at radius 2 is 1.78 bits per heavy atom. The van der Waals surface area contributed by atoms with Crippen LogP contribution in [-0.2, 0) is 21.4 Å². The van der Waals surface area contributed by atoms with Gasteiger partial charge < -0.3 is 9.32 Å². The lowest BCUT2D eigenvalue weighted by Crippen LogP contribution is -2.43. The zero-order valence-electron chi connectivity index (χ0n) is 18.2. The Morgan fingerprint density at radius 3 is 2.44 bits per heavy atom. The van der Waals surface area contributed by atoms with Crippen LogP contribution in [-0.4, -0.2) is 48.8 Å². The van der Waals surface area contributed by atoms with E-state index < -0.39 is 10.0 Å². The van der Waals surface area contributed by atoms with E-state index in [9.17, 15) is 13.2 Å². The minimum absolute atomic E-state index is 0.0650. The summed E-state index contributed by atoms with van der Waals surface area (Å²) in [7, 11) is -3.67. The molecule has 0 unspecified atom stereocenters. The average Bonchev–Trinajstić information content (AvgIpc) is 3.20. The fraction of sp³-hybridized carbons (Fsp3) is 0.318.